The Morgan fingerprint density at radius 1 is 1.00 bits per heavy atom. The number of carbonyl (C=O) groups is 1. The average molecular weight is 439 g/mol. The molecule has 1 aromatic heterocycles. The van der Waals surface area contributed by atoms with Crippen LogP contribution in [0.3, 0.4) is 0 Å². The molecule has 1 N–H and O–H groups in total. The lowest BCUT2D eigenvalue weighted by molar-refractivity contribution is 0.0912. The fraction of sp³-hybridized carbons (Fsp3) is 0.261. The molecule has 1 saturated heterocycles. The molecule has 3 aromatic rings. The van der Waals surface area contributed by atoms with E-state index in [1.807, 2.05) is 48.5 Å². The number of nitrogens with zero attached hydrogens (tertiary/aromatic N) is 1. The Morgan fingerprint density at radius 3 is 2.19 bits per heavy atom. The van der Waals surface area contributed by atoms with E-state index in [4.69, 9.17) is 9.15 Å². The average Bonchev–Trinajstić information content (AvgIpc) is 3.44. The second kappa shape index (κ2) is 7.55. The number of benzene rings is 2. The lowest BCUT2D eigenvalue weighted by atomic mass is 9.94. The molecule has 1 fully saturated rings. The van der Waals surface area contributed by atoms with Gasteiger partial charge in [-0.3, -0.25) is 4.79 Å². The number of hydrogen-bond donors (Lipinski definition) is 1. The normalized spacial score (nSPS) is 16.4. The van der Waals surface area contributed by atoms with Crippen LogP contribution in [0.4, 0.5) is 0 Å². The van der Waals surface area contributed by atoms with Crippen molar-refractivity contribution in [3.05, 3.63) is 77.2 Å². The van der Waals surface area contributed by atoms with E-state index in [1.54, 1.807) is 6.92 Å². The molecule has 1 amide bonds. The molecule has 5 rings (SSSR count). The van der Waals surface area contributed by atoms with Crippen molar-refractivity contribution >= 4 is 15.9 Å². The maximum absolute atomic E-state index is 13.1. The van der Waals surface area contributed by atoms with Gasteiger partial charge in [-0.15, -0.1) is 0 Å². The van der Waals surface area contributed by atoms with Crippen LogP contribution in [0.5, 0.6) is 11.5 Å². The van der Waals surface area contributed by atoms with Gasteiger partial charge < -0.3 is 14.5 Å². The number of aryl methyl sites for hydroxylation is 1. The summed E-state index contributed by atoms with van der Waals surface area (Å²) in [5.41, 5.74) is 1.64. The van der Waals surface area contributed by atoms with E-state index in [0.29, 0.717) is 24.6 Å². The van der Waals surface area contributed by atoms with E-state index in [1.165, 1.54) is 10.4 Å². The molecule has 0 atom stereocenters. The molecule has 0 bridgehead atoms. The third-order valence-corrected chi connectivity index (χ3v) is 7.74. The van der Waals surface area contributed by atoms with Gasteiger partial charge in [0.05, 0.1) is 6.04 Å². The van der Waals surface area contributed by atoms with Crippen molar-refractivity contribution in [3.8, 4) is 11.5 Å². The predicted molar refractivity (Wildman–Crippen MR) is 114 cm³/mol. The number of para-hydroxylation sites is 2. The zero-order chi connectivity index (χ0) is 21.6. The Bertz CT molecular complexity index is 1210. The van der Waals surface area contributed by atoms with Gasteiger partial charge in [0.1, 0.15) is 22.2 Å². The number of sulfonamides is 1. The number of ether oxygens (including phenoxy) is 1. The van der Waals surface area contributed by atoms with Crippen molar-refractivity contribution in [2.75, 3.05) is 13.1 Å². The molecule has 2 aliphatic rings. The summed E-state index contributed by atoms with van der Waals surface area (Å²) in [5.74, 6) is 1.03. The minimum Gasteiger partial charge on any atom is -0.457 e. The van der Waals surface area contributed by atoms with Crippen LogP contribution < -0.4 is 10.1 Å². The third-order valence-electron chi connectivity index (χ3n) is 5.73. The maximum atomic E-state index is 13.1. The van der Waals surface area contributed by atoms with Crippen LogP contribution in [0.15, 0.2) is 63.9 Å². The van der Waals surface area contributed by atoms with Crippen LogP contribution in [-0.4, -0.2) is 31.7 Å². The van der Waals surface area contributed by atoms with E-state index in [2.05, 4.69) is 5.32 Å². The summed E-state index contributed by atoms with van der Waals surface area (Å²) in [4.78, 5) is 13.1. The predicted octanol–water partition coefficient (Wildman–Crippen LogP) is 4.00. The van der Waals surface area contributed by atoms with E-state index in [9.17, 15) is 13.2 Å². The zero-order valence-corrected chi connectivity index (χ0v) is 17.8. The van der Waals surface area contributed by atoms with Gasteiger partial charge in [-0.05, 0) is 31.9 Å². The van der Waals surface area contributed by atoms with Crippen LogP contribution in [0, 0.1) is 6.92 Å². The molecule has 2 aliphatic heterocycles. The van der Waals surface area contributed by atoms with E-state index < -0.39 is 22.0 Å². The standard InChI is InChI=1S/C23H22N2O5S/c1-15-21(31(27,28)25-12-6-7-13-25)14-20(29-15)23(26)24-22-16-8-2-4-10-18(16)30-19-11-5-3-9-17(19)22/h2-5,8-11,14,22H,6-7,12-13H2,1H3,(H,24,26). The monoisotopic (exact) mass is 438 g/mol. The quantitative estimate of drug-likeness (QED) is 0.665. The van der Waals surface area contributed by atoms with E-state index in [0.717, 1.165) is 24.0 Å². The van der Waals surface area contributed by atoms with Gasteiger partial charge in [-0.2, -0.15) is 4.31 Å². The second-order valence-corrected chi connectivity index (χ2v) is 9.63. The molecule has 31 heavy (non-hydrogen) atoms. The molecule has 160 valence electrons. The number of nitrogens with one attached hydrogen (secondary N) is 1. The largest absolute Gasteiger partial charge is 0.457 e. The first-order chi connectivity index (χ1) is 14.9. The summed E-state index contributed by atoms with van der Waals surface area (Å²) in [5, 5.41) is 2.99. The van der Waals surface area contributed by atoms with Crippen molar-refractivity contribution in [3.63, 3.8) is 0 Å². The smallest absolute Gasteiger partial charge is 0.287 e. The SMILES string of the molecule is Cc1oc(C(=O)NC2c3ccccc3Oc3ccccc32)cc1S(=O)(=O)N1CCCC1. The molecular weight excluding hydrogens is 416 g/mol. The Hall–Kier alpha value is -3.10. The first-order valence-electron chi connectivity index (χ1n) is 10.2. The van der Waals surface area contributed by atoms with Gasteiger partial charge in [0.25, 0.3) is 5.91 Å². The van der Waals surface area contributed by atoms with Gasteiger partial charge in [0.2, 0.25) is 10.0 Å². The molecular formula is C23H22N2O5S. The number of hydrogen-bond acceptors (Lipinski definition) is 5. The second-order valence-electron chi connectivity index (χ2n) is 7.73. The summed E-state index contributed by atoms with van der Waals surface area (Å²) in [6.07, 6.45) is 1.68. The highest BCUT2D eigenvalue weighted by atomic mass is 32.2. The van der Waals surface area contributed by atoms with Crippen molar-refractivity contribution < 1.29 is 22.4 Å². The zero-order valence-electron chi connectivity index (χ0n) is 17.0. The first-order valence-corrected chi connectivity index (χ1v) is 11.7. The topological polar surface area (TPSA) is 88.8 Å². The van der Waals surface area contributed by atoms with E-state index in [-0.39, 0.29) is 16.4 Å². The number of furan rings is 1. The van der Waals surface area contributed by atoms with Crippen LogP contribution >= 0.6 is 0 Å². The lowest BCUT2D eigenvalue weighted by Gasteiger charge is -2.28. The van der Waals surface area contributed by atoms with E-state index >= 15 is 0 Å². The molecule has 0 spiro atoms. The first kappa shape index (κ1) is 19.8. The van der Waals surface area contributed by atoms with Gasteiger partial charge in [0.15, 0.2) is 5.76 Å². The summed E-state index contributed by atoms with van der Waals surface area (Å²) in [7, 11) is -3.67. The number of carbonyl (C=O) groups excluding carboxylic acids is 1. The molecule has 8 heteroatoms. The Kier molecular flexibility index (Phi) is 4.83. The highest BCUT2D eigenvalue weighted by molar-refractivity contribution is 7.89. The maximum Gasteiger partial charge on any atom is 0.287 e. The number of fused-ring (bicyclic) bond motifs is 2. The molecule has 3 heterocycles. The Balaban J connectivity index is 1.47. The third kappa shape index (κ3) is 3.41. The van der Waals surface area contributed by atoms with Gasteiger partial charge in [-0.1, -0.05) is 36.4 Å². The minimum atomic E-state index is -3.67. The van der Waals surface area contributed by atoms with Crippen LogP contribution in [0.2, 0.25) is 0 Å². The molecule has 0 unspecified atom stereocenters. The van der Waals surface area contributed by atoms with Crippen LogP contribution in [-0.2, 0) is 10.0 Å². The number of rotatable bonds is 4. The summed E-state index contributed by atoms with van der Waals surface area (Å²) >= 11 is 0. The van der Waals surface area contributed by atoms with Crippen molar-refractivity contribution in [1.29, 1.82) is 0 Å². The van der Waals surface area contributed by atoms with Crippen LogP contribution in [0.1, 0.15) is 46.3 Å². The van der Waals surface area contributed by atoms with Crippen molar-refractivity contribution in [2.24, 2.45) is 0 Å². The minimum absolute atomic E-state index is 0.0308. The van der Waals surface area contributed by atoms with Crippen LogP contribution in [0.25, 0.3) is 0 Å². The highest BCUT2D eigenvalue weighted by Gasteiger charge is 2.33. The summed E-state index contributed by atoms with van der Waals surface area (Å²) in [6, 6.07) is 15.9. The Morgan fingerprint density at radius 2 is 1.58 bits per heavy atom. The fourth-order valence-electron chi connectivity index (χ4n) is 4.17. The summed E-state index contributed by atoms with van der Waals surface area (Å²) in [6.45, 7) is 2.55. The molecule has 2 aromatic carbocycles. The Labute approximate surface area is 180 Å². The fourth-order valence-corrected chi connectivity index (χ4v) is 5.85. The highest BCUT2D eigenvalue weighted by Crippen LogP contribution is 2.42. The lowest BCUT2D eigenvalue weighted by Crippen LogP contribution is -2.31. The van der Waals surface area contributed by atoms with Gasteiger partial charge in [-0.25, -0.2) is 8.42 Å². The molecule has 7 nitrogen and oxygen atoms in total. The number of amides is 1. The summed E-state index contributed by atoms with van der Waals surface area (Å²) < 4.78 is 38.8. The molecule has 0 saturated carbocycles. The molecule has 0 aliphatic carbocycles. The van der Waals surface area contributed by atoms with Crippen molar-refractivity contribution in [2.45, 2.75) is 30.7 Å². The van der Waals surface area contributed by atoms with Gasteiger partial charge >= 0.3 is 0 Å². The van der Waals surface area contributed by atoms with Gasteiger partial charge in [0, 0.05) is 30.3 Å². The molecule has 0 radical (unpaired) electrons. The van der Waals surface area contributed by atoms with Crippen molar-refractivity contribution in [1.82, 2.24) is 9.62 Å².